The molecule has 0 fully saturated rings. The fourth-order valence-corrected chi connectivity index (χ4v) is 6.06. The monoisotopic (exact) mass is 382 g/mol. The SMILES string of the molecule is CCc1cccc(CC)c1C(=O)P(C(=O)c1c(C)cccc1C)C(C)CC. The van der Waals surface area contributed by atoms with E-state index in [0.29, 0.717) is 0 Å². The maximum atomic E-state index is 13.8. The van der Waals surface area contributed by atoms with Gasteiger partial charge in [0.15, 0.2) is 11.0 Å². The van der Waals surface area contributed by atoms with Gasteiger partial charge in [0, 0.05) is 19.0 Å². The number of hydrogen-bond donors (Lipinski definition) is 0. The first-order valence-electron chi connectivity index (χ1n) is 9.92. The molecule has 2 rings (SSSR count). The van der Waals surface area contributed by atoms with Crippen molar-refractivity contribution in [1.29, 1.82) is 0 Å². The average molecular weight is 382 g/mol. The Hall–Kier alpha value is -1.79. The van der Waals surface area contributed by atoms with Crippen LogP contribution in [0.2, 0.25) is 0 Å². The Bertz CT molecular complexity index is 796. The van der Waals surface area contributed by atoms with E-state index in [-0.39, 0.29) is 16.7 Å². The molecular formula is C24H31O2P. The molecule has 144 valence electrons. The molecule has 0 saturated carbocycles. The summed E-state index contributed by atoms with van der Waals surface area (Å²) in [5, 5.41) is 0. The maximum Gasteiger partial charge on any atom is 0.192 e. The van der Waals surface area contributed by atoms with E-state index in [1.807, 2.05) is 50.2 Å². The highest BCUT2D eigenvalue weighted by Gasteiger charge is 2.35. The molecule has 0 aliphatic heterocycles. The van der Waals surface area contributed by atoms with E-state index in [1.165, 1.54) is 0 Å². The van der Waals surface area contributed by atoms with Crippen molar-refractivity contribution in [3.05, 3.63) is 69.8 Å². The first kappa shape index (κ1) is 21.5. The number of hydrogen-bond acceptors (Lipinski definition) is 2. The first-order valence-corrected chi connectivity index (χ1v) is 11.3. The van der Waals surface area contributed by atoms with Crippen LogP contribution in [0.1, 0.15) is 77.1 Å². The fourth-order valence-electron chi connectivity index (χ4n) is 3.59. The van der Waals surface area contributed by atoms with Gasteiger partial charge in [0.1, 0.15) is 0 Å². The lowest BCUT2D eigenvalue weighted by Gasteiger charge is -2.24. The van der Waals surface area contributed by atoms with Crippen LogP contribution in [0, 0.1) is 13.8 Å². The normalized spacial score (nSPS) is 13.3. The lowest BCUT2D eigenvalue weighted by atomic mass is 9.98. The van der Waals surface area contributed by atoms with E-state index in [9.17, 15) is 9.59 Å². The van der Waals surface area contributed by atoms with E-state index in [1.54, 1.807) is 0 Å². The Morgan fingerprint density at radius 1 is 0.815 bits per heavy atom. The summed E-state index contributed by atoms with van der Waals surface area (Å²) in [6.45, 7) is 12.2. The van der Waals surface area contributed by atoms with Gasteiger partial charge in [0.2, 0.25) is 0 Å². The molecular weight excluding hydrogens is 351 g/mol. The molecule has 0 spiro atoms. The summed E-state index contributed by atoms with van der Waals surface area (Å²) in [4.78, 5) is 27.4. The van der Waals surface area contributed by atoms with Gasteiger partial charge >= 0.3 is 0 Å². The van der Waals surface area contributed by atoms with Gasteiger partial charge < -0.3 is 0 Å². The molecule has 2 aromatic rings. The Morgan fingerprint density at radius 2 is 1.26 bits per heavy atom. The smallest absolute Gasteiger partial charge is 0.192 e. The zero-order chi connectivity index (χ0) is 20.1. The van der Waals surface area contributed by atoms with Crippen LogP contribution in [0.25, 0.3) is 0 Å². The number of rotatable bonds is 8. The number of carbonyl (C=O) groups is 2. The van der Waals surface area contributed by atoms with Crippen molar-refractivity contribution in [3.63, 3.8) is 0 Å². The van der Waals surface area contributed by atoms with Crippen molar-refractivity contribution >= 4 is 19.0 Å². The Labute approximate surface area is 165 Å². The maximum absolute atomic E-state index is 13.8. The summed E-state index contributed by atoms with van der Waals surface area (Å²) >= 11 is 0. The zero-order valence-electron chi connectivity index (χ0n) is 17.4. The van der Waals surface area contributed by atoms with Crippen molar-refractivity contribution in [2.24, 2.45) is 0 Å². The van der Waals surface area contributed by atoms with Gasteiger partial charge in [-0.05, 0) is 61.0 Å². The zero-order valence-corrected chi connectivity index (χ0v) is 18.3. The van der Waals surface area contributed by atoms with Crippen molar-refractivity contribution in [2.75, 3.05) is 0 Å². The minimum absolute atomic E-state index is 0.0351. The second-order valence-electron chi connectivity index (χ2n) is 7.16. The van der Waals surface area contributed by atoms with Crippen LogP contribution < -0.4 is 0 Å². The average Bonchev–Trinajstić information content (AvgIpc) is 2.66. The molecule has 0 aromatic heterocycles. The highest BCUT2D eigenvalue weighted by molar-refractivity contribution is 7.90. The largest absolute Gasteiger partial charge is 0.289 e. The summed E-state index contributed by atoms with van der Waals surface area (Å²) in [7, 11) is -1.45. The minimum atomic E-state index is -1.45. The van der Waals surface area contributed by atoms with Crippen LogP contribution in [0.15, 0.2) is 36.4 Å². The van der Waals surface area contributed by atoms with Crippen LogP contribution >= 0.6 is 7.92 Å². The van der Waals surface area contributed by atoms with Gasteiger partial charge in [0.05, 0.1) is 0 Å². The fraction of sp³-hybridized carbons (Fsp3) is 0.417. The molecule has 0 aliphatic carbocycles. The third kappa shape index (κ3) is 4.38. The van der Waals surface area contributed by atoms with Gasteiger partial charge in [0.25, 0.3) is 0 Å². The van der Waals surface area contributed by atoms with Crippen molar-refractivity contribution in [2.45, 2.75) is 66.5 Å². The minimum Gasteiger partial charge on any atom is -0.289 e. The molecule has 2 atom stereocenters. The Balaban J connectivity index is 2.62. The summed E-state index contributed by atoms with van der Waals surface area (Å²) in [6.07, 6.45) is 2.43. The lowest BCUT2D eigenvalue weighted by Crippen LogP contribution is -2.18. The third-order valence-corrected chi connectivity index (χ3v) is 7.95. The molecule has 3 heteroatoms. The Morgan fingerprint density at radius 3 is 1.70 bits per heavy atom. The predicted molar refractivity (Wildman–Crippen MR) is 116 cm³/mol. The highest BCUT2D eigenvalue weighted by atomic mass is 31.1. The van der Waals surface area contributed by atoms with E-state index in [2.05, 4.69) is 27.7 Å². The molecule has 0 aliphatic rings. The van der Waals surface area contributed by atoms with Gasteiger partial charge in [-0.25, -0.2) is 0 Å². The van der Waals surface area contributed by atoms with Crippen LogP contribution in [-0.4, -0.2) is 16.7 Å². The number of aryl methyl sites for hydroxylation is 4. The topological polar surface area (TPSA) is 34.1 Å². The molecule has 0 saturated heterocycles. The van der Waals surface area contributed by atoms with Crippen molar-refractivity contribution in [3.8, 4) is 0 Å². The summed E-state index contributed by atoms with van der Waals surface area (Å²) in [6, 6.07) is 12.0. The summed E-state index contributed by atoms with van der Waals surface area (Å²) < 4.78 is 0. The molecule has 0 heterocycles. The van der Waals surface area contributed by atoms with Crippen molar-refractivity contribution < 1.29 is 9.59 Å². The van der Waals surface area contributed by atoms with Gasteiger partial charge in [-0.2, -0.15) is 0 Å². The second-order valence-corrected chi connectivity index (χ2v) is 9.60. The highest BCUT2D eigenvalue weighted by Crippen LogP contribution is 2.50. The van der Waals surface area contributed by atoms with Gasteiger partial charge in [-0.3, -0.25) is 9.59 Å². The molecule has 27 heavy (non-hydrogen) atoms. The van der Waals surface area contributed by atoms with E-state index in [0.717, 1.165) is 52.6 Å². The molecule has 0 bridgehead atoms. The predicted octanol–water partition coefficient (Wildman–Crippen LogP) is 6.69. The molecule has 2 nitrogen and oxygen atoms in total. The standard InChI is InChI=1S/C24H31O2P/c1-7-18(6)27(23(25)21-16(4)12-10-13-17(21)5)24(26)22-19(8-2)14-11-15-20(22)9-3/h10-15,18H,7-9H2,1-6H3. The van der Waals surface area contributed by atoms with Crippen LogP contribution in [0.5, 0.6) is 0 Å². The van der Waals surface area contributed by atoms with E-state index < -0.39 is 7.92 Å². The third-order valence-electron chi connectivity index (χ3n) is 5.38. The van der Waals surface area contributed by atoms with Gasteiger partial charge in [-0.15, -0.1) is 0 Å². The molecule has 2 aromatic carbocycles. The molecule has 0 amide bonds. The van der Waals surface area contributed by atoms with Crippen LogP contribution in [-0.2, 0) is 12.8 Å². The van der Waals surface area contributed by atoms with Crippen LogP contribution in [0.4, 0.5) is 0 Å². The van der Waals surface area contributed by atoms with E-state index in [4.69, 9.17) is 0 Å². The Kier molecular flexibility index (Phi) is 7.50. The summed E-state index contributed by atoms with van der Waals surface area (Å²) in [5.74, 6) is 0. The number of benzene rings is 2. The second kappa shape index (κ2) is 9.42. The van der Waals surface area contributed by atoms with E-state index >= 15 is 0 Å². The van der Waals surface area contributed by atoms with Gasteiger partial charge in [-0.1, -0.05) is 64.1 Å². The summed E-state index contributed by atoms with van der Waals surface area (Å²) in [5.41, 5.74) is 5.74. The molecule has 0 N–H and O–H groups in total. The molecule has 0 radical (unpaired) electrons. The molecule has 2 unspecified atom stereocenters. The van der Waals surface area contributed by atoms with Crippen molar-refractivity contribution in [1.82, 2.24) is 0 Å². The quantitative estimate of drug-likeness (QED) is 0.477. The number of carbonyl (C=O) groups excluding carboxylic acids is 2. The first-order chi connectivity index (χ1) is 12.9. The lowest BCUT2D eigenvalue weighted by molar-refractivity contribution is 0.104. The van der Waals surface area contributed by atoms with Crippen LogP contribution in [0.3, 0.4) is 0 Å².